The molecule has 1 atom stereocenters. The van der Waals surface area contributed by atoms with Crippen molar-refractivity contribution in [1.29, 1.82) is 0 Å². The van der Waals surface area contributed by atoms with Gasteiger partial charge in [-0.1, -0.05) is 36.4 Å². The van der Waals surface area contributed by atoms with E-state index in [0.29, 0.717) is 0 Å². The third-order valence-corrected chi connectivity index (χ3v) is 4.62. The molecule has 0 fully saturated rings. The molecule has 0 aliphatic carbocycles. The smallest absolute Gasteiger partial charge is 0.123 e. The first kappa shape index (κ1) is 16.0. The molecule has 5 nitrogen and oxygen atoms in total. The summed E-state index contributed by atoms with van der Waals surface area (Å²) in [5, 5.41) is 15.3. The molecule has 2 aromatic heterocycles. The molecule has 4 rings (SSSR count). The molecule has 5 heteroatoms. The van der Waals surface area contributed by atoms with Crippen LogP contribution in [0.25, 0.3) is 0 Å². The lowest BCUT2D eigenvalue weighted by atomic mass is 10.1. The van der Waals surface area contributed by atoms with Gasteiger partial charge < -0.3 is 5.11 Å². The average molecular weight is 334 g/mol. The number of aliphatic hydroxyl groups is 1. The van der Waals surface area contributed by atoms with E-state index in [-0.39, 0.29) is 0 Å². The van der Waals surface area contributed by atoms with Gasteiger partial charge in [-0.3, -0.25) is 14.6 Å². The minimum absolute atomic E-state index is 0.676. The number of pyridine rings is 1. The lowest BCUT2D eigenvalue weighted by molar-refractivity contribution is 0.213. The number of fused-ring (bicyclic) bond motifs is 1. The van der Waals surface area contributed by atoms with Crippen molar-refractivity contribution < 1.29 is 5.11 Å². The summed E-state index contributed by atoms with van der Waals surface area (Å²) in [5.41, 5.74) is 3.83. The Hall–Kier alpha value is -2.50. The van der Waals surface area contributed by atoms with Crippen LogP contribution in [-0.4, -0.2) is 31.3 Å². The lowest BCUT2D eigenvalue weighted by Crippen LogP contribution is -2.23. The fraction of sp³-hybridized carbons (Fsp3) is 0.300. The first-order chi connectivity index (χ1) is 12.3. The maximum absolute atomic E-state index is 10.6. The number of hydrogen-bond acceptors (Lipinski definition) is 4. The summed E-state index contributed by atoms with van der Waals surface area (Å²) in [6.07, 6.45) is 2.21. The summed E-state index contributed by atoms with van der Waals surface area (Å²) in [7, 11) is 0. The molecule has 0 spiro atoms. The van der Waals surface area contributed by atoms with Crippen molar-refractivity contribution in [3.05, 3.63) is 83.4 Å². The molecule has 25 heavy (non-hydrogen) atoms. The first-order valence-electron chi connectivity index (χ1n) is 8.71. The number of aromatic nitrogens is 3. The van der Waals surface area contributed by atoms with Crippen LogP contribution in [0.2, 0.25) is 0 Å². The second-order valence-electron chi connectivity index (χ2n) is 6.48. The summed E-state index contributed by atoms with van der Waals surface area (Å²) in [4.78, 5) is 6.82. The van der Waals surface area contributed by atoms with E-state index < -0.39 is 6.10 Å². The summed E-state index contributed by atoms with van der Waals surface area (Å²) < 4.78 is 2.04. The Morgan fingerprint density at radius 3 is 2.68 bits per heavy atom. The van der Waals surface area contributed by atoms with Crippen molar-refractivity contribution in [1.82, 2.24) is 19.7 Å². The molecule has 3 heterocycles. The zero-order chi connectivity index (χ0) is 17.1. The highest BCUT2D eigenvalue weighted by atomic mass is 16.3. The van der Waals surface area contributed by atoms with Crippen molar-refractivity contribution in [2.75, 3.05) is 6.54 Å². The van der Waals surface area contributed by atoms with Crippen molar-refractivity contribution in [3.8, 4) is 0 Å². The zero-order valence-corrected chi connectivity index (χ0v) is 14.1. The summed E-state index contributed by atoms with van der Waals surface area (Å²) in [5.74, 6) is 0. The number of rotatable bonds is 4. The predicted molar refractivity (Wildman–Crippen MR) is 95.7 cm³/mol. The monoisotopic (exact) mass is 334 g/mol. The van der Waals surface area contributed by atoms with Gasteiger partial charge in [-0.05, 0) is 30.2 Å². The van der Waals surface area contributed by atoms with Crippen LogP contribution in [0.1, 0.15) is 35.2 Å². The summed E-state index contributed by atoms with van der Waals surface area (Å²) in [6.45, 7) is 3.57. The van der Waals surface area contributed by atoms with E-state index in [2.05, 4.69) is 21.0 Å². The van der Waals surface area contributed by atoms with E-state index in [1.165, 1.54) is 0 Å². The Morgan fingerprint density at radius 1 is 1.04 bits per heavy atom. The van der Waals surface area contributed by atoms with Gasteiger partial charge in [-0.15, -0.1) is 0 Å². The van der Waals surface area contributed by atoms with Crippen LogP contribution in [0.5, 0.6) is 0 Å². The fourth-order valence-electron chi connectivity index (χ4n) is 3.35. The normalized spacial score (nSPS) is 16.2. The van der Waals surface area contributed by atoms with Crippen LogP contribution >= 0.6 is 0 Å². The standard InChI is InChI=1S/C20H22N4O/c25-20(16-7-2-1-3-8-16)19-13-18-15-23(11-6-12-24(18)22-19)14-17-9-4-5-10-21-17/h1-5,7-10,13,20,25H,6,11-12,14-15H2/t20-/m1/s1. The molecule has 0 amide bonds. The maximum Gasteiger partial charge on any atom is 0.123 e. The SMILES string of the molecule is O[C@H](c1ccccc1)c1cc2n(n1)CCCN(Cc1ccccn1)C2. The molecule has 128 valence electrons. The number of benzene rings is 1. The molecular formula is C20H22N4O. The van der Waals surface area contributed by atoms with E-state index >= 15 is 0 Å². The van der Waals surface area contributed by atoms with E-state index in [1.807, 2.05) is 59.4 Å². The first-order valence-corrected chi connectivity index (χ1v) is 8.71. The average Bonchev–Trinajstić information content (AvgIpc) is 2.96. The Labute approximate surface area is 147 Å². The van der Waals surface area contributed by atoms with E-state index in [1.54, 1.807) is 0 Å². The number of aliphatic hydroxyl groups excluding tert-OH is 1. The van der Waals surface area contributed by atoms with Crippen molar-refractivity contribution in [2.24, 2.45) is 0 Å². The van der Waals surface area contributed by atoms with E-state index in [9.17, 15) is 5.11 Å². The van der Waals surface area contributed by atoms with Crippen molar-refractivity contribution in [3.63, 3.8) is 0 Å². The van der Waals surface area contributed by atoms with Gasteiger partial charge in [0.05, 0.1) is 17.1 Å². The number of hydrogen-bond donors (Lipinski definition) is 1. The minimum atomic E-state index is -0.676. The van der Waals surface area contributed by atoms with Crippen LogP contribution in [-0.2, 0) is 19.6 Å². The maximum atomic E-state index is 10.6. The molecule has 1 aromatic carbocycles. The second-order valence-corrected chi connectivity index (χ2v) is 6.48. The number of nitrogens with zero attached hydrogens (tertiary/aromatic N) is 4. The zero-order valence-electron chi connectivity index (χ0n) is 14.1. The molecule has 1 aliphatic heterocycles. The van der Waals surface area contributed by atoms with Crippen LogP contribution in [0.15, 0.2) is 60.8 Å². The molecule has 0 saturated heterocycles. The number of aryl methyl sites for hydroxylation is 1. The molecule has 0 unspecified atom stereocenters. The van der Waals surface area contributed by atoms with Gasteiger partial charge in [0.2, 0.25) is 0 Å². The highest BCUT2D eigenvalue weighted by Gasteiger charge is 2.20. The molecule has 1 N–H and O–H groups in total. The van der Waals surface area contributed by atoms with E-state index in [0.717, 1.165) is 55.2 Å². The van der Waals surface area contributed by atoms with Crippen molar-refractivity contribution >= 4 is 0 Å². The molecule has 3 aromatic rings. The van der Waals surface area contributed by atoms with Gasteiger partial charge in [0, 0.05) is 32.4 Å². The molecule has 0 radical (unpaired) electrons. The van der Waals surface area contributed by atoms with Gasteiger partial charge in [0.1, 0.15) is 6.10 Å². The van der Waals surface area contributed by atoms with Crippen LogP contribution in [0.4, 0.5) is 0 Å². The van der Waals surface area contributed by atoms with Gasteiger partial charge in [-0.25, -0.2) is 0 Å². The highest BCUT2D eigenvalue weighted by molar-refractivity contribution is 5.26. The Balaban J connectivity index is 1.53. The third-order valence-electron chi connectivity index (χ3n) is 4.62. The second kappa shape index (κ2) is 7.17. The molecule has 0 bridgehead atoms. The topological polar surface area (TPSA) is 54.2 Å². The van der Waals surface area contributed by atoms with Crippen LogP contribution in [0, 0.1) is 0 Å². The Morgan fingerprint density at radius 2 is 1.88 bits per heavy atom. The summed E-state index contributed by atoms with van der Waals surface area (Å²) >= 11 is 0. The van der Waals surface area contributed by atoms with Crippen LogP contribution < -0.4 is 0 Å². The fourth-order valence-corrected chi connectivity index (χ4v) is 3.35. The van der Waals surface area contributed by atoms with Gasteiger partial charge in [0.25, 0.3) is 0 Å². The van der Waals surface area contributed by atoms with Crippen molar-refractivity contribution in [2.45, 2.75) is 32.2 Å². The molecular weight excluding hydrogens is 312 g/mol. The van der Waals surface area contributed by atoms with Gasteiger partial charge in [0.15, 0.2) is 0 Å². The van der Waals surface area contributed by atoms with Crippen LogP contribution in [0.3, 0.4) is 0 Å². The third kappa shape index (κ3) is 3.62. The quantitative estimate of drug-likeness (QED) is 0.797. The Bertz CT molecular complexity index is 816. The largest absolute Gasteiger partial charge is 0.382 e. The Kier molecular flexibility index (Phi) is 4.59. The van der Waals surface area contributed by atoms with E-state index in [4.69, 9.17) is 0 Å². The minimum Gasteiger partial charge on any atom is -0.382 e. The van der Waals surface area contributed by atoms with Gasteiger partial charge >= 0.3 is 0 Å². The lowest BCUT2D eigenvalue weighted by Gasteiger charge is -2.18. The summed E-state index contributed by atoms with van der Waals surface area (Å²) in [6, 6.07) is 17.8. The highest BCUT2D eigenvalue weighted by Crippen LogP contribution is 2.23. The molecule has 1 aliphatic rings. The molecule has 0 saturated carbocycles. The predicted octanol–water partition coefficient (Wildman–Crippen LogP) is 2.77. The van der Waals surface area contributed by atoms with Gasteiger partial charge in [-0.2, -0.15) is 5.10 Å².